The van der Waals surface area contributed by atoms with Crippen molar-refractivity contribution in [3.8, 4) is 0 Å². The molecule has 0 spiro atoms. The lowest BCUT2D eigenvalue weighted by molar-refractivity contribution is 0.0664. The van der Waals surface area contributed by atoms with Gasteiger partial charge in [0.2, 0.25) is 5.76 Å². The molecule has 0 aliphatic rings. The van der Waals surface area contributed by atoms with Gasteiger partial charge in [-0.15, -0.1) is 11.8 Å². The van der Waals surface area contributed by atoms with Crippen LogP contribution in [0.2, 0.25) is 0 Å². The molecule has 1 heterocycles. The average molecular weight is 284 g/mol. The van der Waals surface area contributed by atoms with Crippen LogP contribution < -0.4 is 0 Å². The molecule has 0 unspecified atom stereocenters. The molecule has 0 radical (unpaired) electrons. The molecule has 0 aliphatic heterocycles. The number of rotatable bonds is 4. The maximum atomic E-state index is 11.3. The van der Waals surface area contributed by atoms with Crippen LogP contribution in [0.4, 0.5) is 0 Å². The summed E-state index contributed by atoms with van der Waals surface area (Å²) in [7, 11) is 0. The summed E-state index contributed by atoms with van der Waals surface area (Å²) < 4.78 is 5.44. The second-order valence-electron chi connectivity index (χ2n) is 4.31. The molecule has 3 rings (SSSR count). The van der Waals surface area contributed by atoms with Gasteiger partial charge in [0, 0.05) is 21.6 Å². The highest BCUT2D eigenvalue weighted by molar-refractivity contribution is 7.98. The Morgan fingerprint density at radius 3 is 2.50 bits per heavy atom. The van der Waals surface area contributed by atoms with Gasteiger partial charge in [-0.1, -0.05) is 36.4 Å². The summed E-state index contributed by atoms with van der Waals surface area (Å²) in [5.74, 6) is -0.414. The first-order chi connectivity index (χ1) is 9.75. The Bertz CT molecular complexity index is 747. The summed E-state index contributed by atoms with van der Waals surface area (Å²) in [6.07, 6.45) is 0. The fourth-order valence-corrected chi connectivity index (χ4v) is 3.03. The zero-order chi connectivity index (χ0) is 13.9. The third-order valence-electron chi connectivity index (χ3n) is 3.02. The van der Waals surface area contributed by atoms with Crippen LogP contribution in [0, 0.1) is 0 Å². The van der Waals surface area contributed by atoms with Gasteiger partial charge < -0.3 is 9.52 Å². The topological polar surface area (TPSA) is 50.4 Å². The Kier molecular flexibility index (Phi) is 3.48. The number of para-hydroxylation sites is 1. The third-order valence-corrected chi connectivity index (χ3v) is 4.06. The summed E-state index contributed by atoms with van der Waals surface area (Å²) in [6.45, 7) is 0. The third kappa shape index (κ3) is 2.42. The molecule has 3 aromatic rings. The number of furan rings is 1. The predicted octanol–water partition coefficient (Wildman–Crippen LogP) is 4.42. The van der Waals surface area contributed by atoms with Gasteiger partial charge in [0.05, 0.1) is 0 Å². The van der Waals surface area contributed by atoms with Crippen molar-refractivity contribution in [2.45, 2.75) is 10.6 Å². The monoisotopic (exact) mass is 284 g/mol. The highest BCUT2D eigenvalue weighted by Crippen LogP contribution is 2.31. The minimum Gasteiger partial charge on any atom is -0.475 e. The number of carboxylic acid groups (broad SMARTS) is 1. The van der Waals surface area contributed by atoms with E-state index in [1.165, 1.54) is 0 Å². The molecule has 2 aromatic carbocycles. The number of hydrogen-bond donors (Lipinski definition) is 1. The van der Waals surface area contributed by atoms with Gasteiger partial charge in [0.15, 0.2) is 0 Å². The van der Waals surface area contributed by atoms with Crippen LogP contribution in [0.3, 0.4) is 0 Å². The second kappa shape index (κ2) is 5.43. The first-order valence-electron chi connectivity index (χ1n) is 6.17. The van der Waals surface area contributed by atoms with Crippen molar-refractivity contribution in [1.82, 2.24) is 0 Å². The van der Waals surface area contributed by atoms with Gasteiger partial charge in [-0.25, -0.2) is 4.79 Å². The van der Waals surface area contributed by atoms with Crippen molar-refractivity contribution < 1.29 is 14.3 Å². The molecular weight excluding hydrogens is 272 g/mol. The summed E-state index contributed by atoms with van der Waals surface area (Å²) in [5, 5.41) is 10.1. The van der Waals surface area contributed by atoms with Gasteiger partial charge in [-0.05, 0) is 18.2 Å². The molecule has 0 saturated carbocycles. The van der Waals surface area contributed by atoms with E-state index in [0.717, 1.165) is 15.8 Å². The molecule has 4 heteroatoms. The highest BCUT2D eigenvalue weighted by atomic mass is 32.2. The molecule has 0 atom stereocenters. The van der Waals surface area contributed by atoms with Gasteiger partial charge in [-0.3, -0.25) is 0 Å². The Balaban J connectivity index is 1.97. The lowest BCUT2D eigenvalue weighted by atomic mass is 10.1. The van der Waals surface area contributed by atoms with Crippen LogP contribution in [0.5, 0.6) is 0 Å². The molecule has 100 valence electrons. The highest BCUT2D eigenvalue weighted by Gasteiger charge is 2.19. The van der Waals surface area contributed by atoms with Crippen molar-refractivity contribution >= 4 is 28.7 Å². The van der Waals surface area contributed by atoms with E-state index in [1.54, 1.807) is 17.8 Å². The minimum absolute atomic E-state index is 0.0367. The molecule has 0 saturated heterocycles. The van der Waals surface area contributed by atoms with Crippen molar-refractivity contribution in [3.63, 3.8) is 0 Å². The molecule has 20 heavy (non-hydrogen) atoms. The molecule has 0 fully saturated rings. The maximum absolute atomic E-state index is 11.3. The van der Waals surface area contributed by atoms with Gasteiger partial charge in [0.1, 0.15) is 5.58 Å². The summed E-state index contributed by atoms with van der Waals surface area (Å²) in [5.41, 5.74) is 1.36. The number of carbonyl (C=O) groups is 1. The quantitative estimate of drug-likeness (QED) is 0.720. The molecular formula is C16H12O3S. The smallest absolute Gasteiger partial charge is 0.372 e. The van der Waals surface area contributed by atoms with Crippen molar-refractivity contribution in [1.29, 1.82) is 0 Å². The first-order valence-corrected chi connectivity index (χ1v) is 7.16. The van der Waals surface area contributed by atoms with E-state index < -0.39 is 5.97 Å². The van der Waals surface area contributed by atoms with Gasteiger partial charge in [0.25, 0.3) is 0 Å². The van der Waals surface area contributed by atoms with Crippen LogP contribution in [0.25, 0.3) is 11.0 Å². The SMILES string of the molecule is O=C(O)c1oc2ccccc2c1CSc1ccccc1. The van der Waals surface area contributed by atoms with Crippen LogP contribution in [-0.4, -0.2) is 11.1 Å². The number of hydrogen-bond acceptors (Lipinski definition) is 3. The first kappa shape index (κ1) is 12.8. The fraction of sp³-hybridized carbons (Fsp3) is 0.0625. The van der Waals surface area contributed by atoms with Crippen LogP contribution in [-0.2, 0) is 5.75 Å². The summed E-state index contributed by atoms with van der Waals surface area (Å²) in [4.78, 5) is 12.4. The van der Waals surface area contributed by atoms with Gasteiger partial charge >= 0.3 is 5.97 Å². The molecule has 0 amide bonds. The Morgan fingerprint density at radius 2 is 1.75 bits per heavy atom. The molecule has 0 aliphatic carbocycles. The number of aromatic carboxylic acids is 1. The number of thioether (sulfide) groups is 1. The number of carboxylic acids is 1. The predicted molar refractivity (Wildman–Crippen MR) is 79.2 cm³/mol. The van der Waals surface area contributed by atoms with E-state index in [9.17, 15) is 9.90 Å². The van der Waals surface area contributed by atoms with E-state index in [0.29, 0.717) is 11.3 Å². The van der Waals surface area contributed by atoms with Crippen molar-refractivity contribution in [2.75, 3.05) is 0 Å². The maximum Gasteiger partial charge on any atom is 0.372 e. The normalized spacial score (nSPS) is 10.8. The van der Waals surface area contributed by atoms with E-state index in [2.05, 4.69) is 0 Å². The second-order valence-corrected chi connectivity index (χ2v) is 5.36. The Morgan fingerprint density at radius 1 is 1.05 bits per heavy atom. The summed E-state index contributed by atoms with van der Waals surface area (Å²) in [6, 6.07) is 17.3. The lowest BCUT2D eigenvalue weighted by Crippen LogP contribution is -1.97. The van der Waals surface area contributed by atoms with Gasteiger partial charge in [-0.2, -0.15) is 0 Å². The molecule has 0 bridgehead atoms. The van der Waals surface area contributed by atoms with Crippen LogP contribution >= 0.6 is 11.8 Å². The van der Waals surface area contributed by atoms with Crippen LogP contribution in [0.1, 0.15) is 16.1 Å². The Labute approximate surface area is 120 Å². The van der Waals surface area contributed by atoms with E-state index in [4.69, 9.17) is 4.42 Å². The number of fused-ring (bicyclic) bond motifs is 1. The van der Waals surface area contributed by atoms with E-state index in [1.807, 2.05) is 48.5 Å². The van der Waals surface area contributed by atoms with Crippen molar-refractivity contribution in [3.05, 3.63) is 65.9 Å². The fourth-order valence-electron chi connectivity index (χ4n) is 2.09. The largest absolute Gasteiger partial charge is 0.475 e. The van der Waals surface area contributed by atoms with E-state index in [-0.39, 0.29) is 5.76 Å². The molecule has 1 N–H and O–H groups in total. The van der Waals surface area contributed by atoms with E-state index >= 15 is 0 Å². The standard InChI is InChI=1S/C16H12O3S/c17-16(18)15-13(10-20-11-6-2-1-3-7-11)12-8-4-5-9-14(12)19-15/h1-9H,10H2,(H,17,18). The average Bonchev–Trinajstić information content (AvgIpc) is 2.85. The molecule has 1 aromatic heterocycles. The summed E-state index contributed by atoms with van der Waals surface area (Å²) >= 11 is 1.60. The van der Waals surface area contributed by atoms with Crippen molar-refractivity contribution in [2.24, 2.45) is 0 Å². The molecule has 3 nitrogen and oxygen atoms in total. The van der Waals surface area contributed by atoms with Crippen LogP contribution in [0.15, 0.2) is 63.9 Å². The number of benzene rings is 2. The zero-order valence-electron chi connectivity index (χ0n) is 10.6. The zero-order valence-corrected chi connectivity index (χ0v) is 11.4. The lowest BCUT2D eigenvalue weighted by Gasteiger charge is -2.01. The minimum atomic E-state index is -1.02. The Hall–Kier alpha value is -2.20.